The number of nitrogens with two attached hydrogens (primary N) is 1. The van der Waals surface area contributed by atoms with Gasteiger partial charge in [-0.1, -0.05) is 19.0 Å². The molecule has 3 N–H and O–H groups in total. The molecule has 0 radical (unpaired) electrons. The molecule has 0 saturated heterocycles. The lowest BCUT2D eigenvalue weighted by atomic mass is 9.98. The molecule has 0 fully saturated rings. The Kier molecular flexibility index (Phi) is 3.30. The summed E-state index contributed by atoms with van der Waals surface area (Å²) < 4.78 is 42.5. The molecule has 0 saturated carbocycles. The van der Waals surface area contributed by atoms with E-state index in [4.69, 9.17) is 10.3 Å². The van der Waals surface area contributed by atoms with E-state index in [1.807, 2.05) is 0 Å². The minimum Gasteiger partial charge on any atom is -0.374 e. The molecule has 0 aliphatic carbocycles. The second-order valence-corrected chi connectivity index (χ2v) is 3.83. The van der Waals surface area contributed by atoms with Crippen molar-refractivity contribution in [2.45, 2.75) is 31.5 Å². The molecule has 1 atom stereocenters. The van der Waals surface area contributed by atoms with Gasteiger partial charge in [0, 0.05) is 18.5 Å². The highest BCUT2D eigenvalue weighted by molar-refractivity contribution is 5.18. The predicted molar refractivity (Wildman–Crippen MR) is 49.6 cm³/mol. The lowest BCUT2D eigenvalue weighted by Crippen LogP contribution is -2.48. The molecule has 1 rings (SSSR count). The van der Waals surface area contributed by atoms with Crippen LogP contribution in [-0.2, 0) is 5.60 Å². The monoisotopic (exact) mass is 238 g/mol. The van der Waals surface area contributed by atoms with Gasteiger partial charge in [0.2, 0.25) is 5.60 Å². The van der Waals surface area contributed by atoms with E-state index in [1.165, 1.54) is 0 Å². The highest BCUT2D eigenvalue weighted by atomic mass is 19.4. The van der Waals surface area contributed by atoms with Gasteiger partial charge in [-0.15, -0.1) is 0 Å². The van der Waals surface area contributed by atoms with E-state index in [0.717, 1.165) is 6.07 Å². The van der Waals surface area contributed by atoms with Gasteiger partial charge in [0.25, 0.3) is 0 Å². The largest absolute Gasteiger partial charge is 0.424 e. The quantitative estimate of drug-likeness (QED) is 0.837. The zero-order valence-electron chi connectivity index (χ0n) is 8.88. The van der Waals surface area contributed by atoms with E-state index < -0.39 is 24.0 Å². The number of aromatic nitrogens is 1. The van der Waals surface area contributed by atoms with Crippen LogP contribution >= 0.6 is 0 Å². The molecule has 0 amide bonds. The van der Waals surface area contributed by atoms with E-state index in [0.29, 0.717) is 0 Å². The number of nitrogens with zero attached hydrogens (tertiary/aromatic N) is 1. The molecule has 0 bridgehead atoms. The van der Waals surface area contributed by atoms with Crippen LogP contribution in [0.2, 0.25) is 0 Å². The van der Waals surface area contributed by atoms with Crippen LogP contribution in [0.1, 0.15) is 31.2 Å². The van der Waals surface area contributed by atoms with Crippen molar-refractivity contribution in [1.82, 2.24) is 5.16 Å². The predicted octanol–water partition coefficient (Wildman–Crippen LogP) is 1.51. The zero-order chi connectivity index (χ0) is 12.6. The van der Waals surface area contributed by atoms with E-state index in [-0.39, 0.29) is 11.7 Å². The van der Waals surface area contributed by atoms with Gasteiger partial charge in [0.1, 0.15) is 11.5 Å². The first kappa shape index (κ1) is 13.0. The fourth-order valence-electron chi connectivity index (χ4n) is 1.12. The van der Waals surface area contributed by atoms with Gasteiger partial charge in [0.15, 0.2) is 0 Å². The summed E-state index contributed by atoms with van der Waals surface area (Å²) in [5.74, 6) is 0.155. The Labute approximate surface area is 90.2 Å². The number of alkyl halides is 3. The summed E-state index contributed by atoms with van der Waals surface area (Å²) in [5, 5.41) is 12.7. The summed E-state index contributed by atoms with van der Waals surface area (Å²) in [6.07, 6.45) is -4.88. The van der Waals surface area contributed by atoms with Crippen molar-refractivity contribution in [1.29, 1.82) is 0 Å². The third-order valence-corrected chi connectivity index (χ3v) is 2.29. The van der Waals surface area contributed by atoms with Crippen molar-refractivity contribution in [3.05, 3.63) is 17.5 Å². The van der Waals surface area contributed by atoms with Crippen molar-refractivity contribution in [3.8, 4) is 0 Å². The highest BCUT2D eigenvalue weighted by Gasteiger charge is 2.56. The fraction of sp³-hybridized carbons (Fsp3) is 0.667. The first-order valence-corrected chi connectivity index (χ1v) is 4.68. The molecule has 0 spiro atoms. The fourth-order valence-corrected chi connectivity index (χ4v) is 1.12. The highest BCUT2D eigenvalue weighted by Crippen LogP contribution is 2.38. The third-order valence-electron chi connectivity index (χ3n) is 2.29. The first-order chi connectivity index (χ1) is 7.22. The molecule has 7 heteroatoms. The molecule has 0 aliphatic heterocycles. The Morgan fingerprint density at radius 3 is 2.38 bits per heavy atom. The Morgan fingerprint density at radius 2 is 2.06 bits per heavy atom. The number of rotatable bonds is 3. The van der Waals surface area contributed by atoms with E-state index in [9.17, 15) is 18.3 Å². The minimum absolute atomic E-state index is 0.114. The van der Waals surface area contributed by atoms with Crippen LogP contribution in [0.3, 0.4) is 0 Å². The standard InChI is InChI=1S/C9H13F3N2O2/c1-5(2)6-3-7(14-16-6)8(15,4-13)9(10,11)12/h3,5,15H,4,13H2,1-2H3. The third kappa shape index (κ3) is 2.05. The smallest absolute Gasteiger partial charge is 0.374 e. The molecule has 0 aliphatic rings. The average molecular weight is 238 g/mol. The van der Waals surface area contributed by atoms with Crippen LogP contribution < -0.4 is 5.73 Å². The SMILES string of the molecule is CC(C)c1cc(C(O)(CN)C(F)(F)F)no1. The first-order valence-electron chi connectivity index (χ1n) is 4.68. The van der Waals surface area contributed by atoms with E-state index in [2.05, 4.69) is 5.16 Å². The van der Waals surface area contributed by atoms with Crippen LogP contribution in [0.5, 0.6) is 0 Å². The number of halogens is 3. The second-order valence-electron chi connectivity index (χ2n) is 3.83. The van der Waals surface area contributed by atoms with Crippen molar-refractivity contribution >= 4 is 0 Å². The van der Waals surface area contributed by atoms with Gasteiger partial charge >= 0.3 is 6.18 Å². The topological polar surface area (TPSA) is 72.3 Å². The maximum absolute atomic E-state index is 12.6. The van der Waals surface area contributed by atoms with Crippen LogP contribution in [0.4, 0.5) is 13.2 Å². The Balaban J connectivity index is 3.14. The van der Waals surface area contributed by atoms with Gasteiger partial charge in [-0.05, 0) is 0 Å². The molecule has 92 valence electrons. The Morgan fingerprint density at radius 1 is 1.50 bits per heavy atom. The summed E-state index contributed by atoms with van der Waals surface area (Å²) in [7, 11) is 0. The van der Waals surface area contributed by atoms with Gasteiger partial charge in [0.05, 0.1) is 0 Å². The summed E-state index contributed by atoms with van der Waals surface area (Å²) in [5.41, 5.74) is 1.20. The molecule has 1 aromatic heterocycles. The van der Waals surface area contributed by atoms with Crippen LogP contribution in [0, 0.1) is 0 Å². The van der Waals surface area contributed by atoms with Gasteiger partial charge in [-0.3, -0.25) is 0 Å². The van der Waals surface area contributed by atoms with Crippen molar-refractivity contribution in [3.63, 3.8) is 0 Å². The van der Waals surface area contributed by atoms with Crippen molar-refractivity contribution < 1.29 is 22.8 Å². The molecular weight excluding hydrogens is 225 g/mol. The maximum Gasteiger partial charge on any atom is 0.424 e. The molecule has 16 heavy (non-hydrogen) atoms. The zero-order valence-corrected chi connectivity index (χ0v) is 8.88. The van der Waals surface area contributed by atoms with Gasteiger partial charge in [-0.2, -0.15) is 13.2 Å². The van der Waals surface area contributed by atoms with Crippen LogP contribution in [0.25, 0.3) is 0 Å². The van der Waals surface area contributed by atoms with Crippen molar-refractivity contribution in [2.75, 3.05) is 6.54 Å². The number of hydrogen-bond acceptors (Lipinski definition) is 4. The summed E-state index contributed by atoms with van der Waals surface area (Å²) in [4.78, 5) is 0. The number of hydrogen-bond donors (Lipinski definition) is 2. The van der Waals surface area contributed by atoms with Gasteiger partial charge < -0.3 is 15.4 Å². The minimum atomic E-state index is -4.88. The van der Waals surface area contributed by atoms with E-state index in [1.54, 1.807) is 13.8 Å². The summed E-state index contributed by atoms with van der Waals surface area (Å²) in [6, 6.07) is 1.07. The summed E-state index contributed by atoms with van der Waals surface area (Å²) in [6.45, 7) is 2.47. The van der Waals surface area contributed by atoms with Crippen LogP contribution in [-0.4, -0.2) is 23.0 Å². The molecule has 1 aromatic rings. The van der Waals surface area contributed by atoms with Gasteiger partial charge in [-0.25, -0.2) is 0 Å². The van der Waals surface area contributed by atoms with Crippen molar-refractivity contribution in [2.24, 2.45) is 5.73 Å². The van der Waals surface area contributed by atoms with Crippen LogP contribution in [0.15, 0.2) is 10.6 Å². The normalized spacial score (nSPS) is 16.5. The maximum atomic E-state index is 12.6. The molecule has 4 nitrogen and oxygen atoms in total. The Hall–Kier alpha value is -1.08. The lowest BCUT2D eigenvalue weighted by molar-refractivity contribution is -0.264. The summed E-state index contributed by atoms with van der Waals surface area (Å²) >= 11 is 0. The molecule has 0 aromatic carbocycles. The Bertz CT molecular complexity index is 362. The molecular formula is C9H13F3N2O2. The number of aliphatic hydroxyl groups is 1. The molecule has 1 heterocycles. The average Bonchev–Trinajstić information content (AvgIpc) is 2.63. The second kappa shape index (κ2) is 4.06. The molecule has 1 unspecified atom stereocenters. The van der Waals surface area contributed by atoms with E-state index >= 15 is 0 Å². The lowest BCUT2D eigenvalue weighted by Gasteiger charge is -2.26.